The number of fused-ring (bicyclic) bond motifs is 1. The number of nitrogen functional groups attached to an aromatic ring is 1. The van der Waals surface area contributed by atoms with Crippen molar-refractivity contribution < 1.29 is 13.8 Å². The lowest BCUT2D eigenvalue weighted by Crippen LogP contribution is -2.55. The fraction of sp³-hybridized carbons (Fsp3) is 0.393. The molecule has 1 aromatic heterocycles. The van der Waals surface area contributed by atoms with Gasteiger partial charge < -0.3 is 16.0 Å². The quantitative estimate of drug-likeness (QED) is 0.378. The Morgan fingerprint density at radius 1 is 1.08 bits per heavy atom. The van der Waals surface area contributed by atoms with Crippen LogP contribution >= 0.6 is 11.3 Å². The summed E-state index contributed by atoms with van der Waals surface area (Å²) in [5.41, 5.74) is 8.80. The van der Waals surface area contributed by atoms with Gasteiger partial charge in [-0.2, -0.15) is 0 Å². The van der Waals surface area contributed by atoms with Crippen LogP contribution in [0.2, 0.25) is 0 Å². The van der Waals surface area contributed by atoms with Crippen molar-refractivity contribution >= 4 is 39.3 Å². The summed E-state index contributed by atoms with van der Waals surface area (Å²) in [6.07, 6.45) is 4.08. The smallest absolute Gasteiger partial charge is 0.243 e. The van der Waals surface area contributed by atoms with Crippen molar-refractivity contribution in [2.75, 3.05) is 12.3 Å². The lowest BCUT2D eigenvalue weighted by molar-refractivity contribution is -0.140. The van der Waals surface area contributed by atoms with Crippen LogP contribution in [0.25, 0.3) is 0 Å². The van der Waals surface area contributed by atoms with Crippen LogP contribution in [0.1, 0.15) is 41.0 Å². The first kappa shape index (κ1) is 26.5. The van der Waals surface area contributed by atoms with Crippen molar-refractivity contribution in [2.45, 2.75) is 62.4 Å². The van der Waals surface area contributed by atoms with Crippen molar-refractivity contribution in [1.29, 1.82) is 0 Å². The van der Waals surface area contributed by atoms with Crippen LogP contribution in [0.15, 0.2) is 60.7 Å². The van der Waals surface area contributed by atoms with E-state index >= 15 is 0 Å². The molecule has 200 valence electrons. The number of carbonyl (C=O) groups is 2. The minimum atomic E-state index is -1.46. The molecule has 1 aliphatic carbocycles. The number of aromatic nitrogens is 1. The number of anilines is 1. The average Bonchev–Trinajstić information content (AvgIpc) is 3.55. The van der Waals surface area contributed by atoms with Crippen LogP contribution in [0.5, 0.6) is 0 Å². The number of nitrogens with one attached hydrogen (secondary N) is 2. The number of rotatable bonds is 9. The van der Waals surface area contributed by atoms with Gasteiger partial charge in [0.15, 0.2) is 5.13 Å². The largest absolute Gasteiger partial charge is 0.375 e. The molecular formula is C28H33N5O3S2. The molecule has 2 amide bonds. The van der Waals surface area contributed by atoms with E-state index < -0.39 is 23.1 Å². The summed E-state index contributed by atoms with van der Waals surface area (Å²) in [4.78, 5) is 34.4. The Labute approximate surface area is 229 Å². The molecule has 2 heterocycles. The third-order valence-electron chi connectivity index (χ3n) is 7.14. The van der Waals surface area contributed by atoms with Crippen LogP contribution < -0.4 is 15.8 Å². The standard InChI is InChI=1S/C28H33N5O3S2/c29-28-31-22-14-13-21(17-25(22)37-28)30-26(34)24-12-7-15-33(24)27(35)23(16-19-8-3-1-4-9-19)32-38(36)18-20-10-5-2-6-11-20/h1-6,8-11,21,23-24,32H,7,12-18H2,(H2,29,31)(H,30,34)/t21?,23-,24+,38?/m1/s1. The normalized spacial score (nSPS) is 20.5. The molecule has 0 radical (unpaired) electrons. The maximum absolute atomic E-state index is 13.8. The zero-order valence-corrected chi connectivity index (χ0v) is 22.8. The van der Waals surface area contributed by atoms with E-state index in [4.69, 9.17) is 5.73 Å². The Bertz CT molecular complexity index is 1280. The third kappa shape index (κ3) is 6.48. The summed E-state index contributed by atoms with van der Waals surface area (Å²) < 4.78 is 16.1. The zero-order valence-electron chi connectivity index (χ0n) is 21.2. The number of amides is 2. The van der Waals surface area contributed by atoms with Crippen molar-refractivity contribution in [3.63, 3.8) is 0 Å². The van der Waals surface area contributed by atoms with E-state index in [2.05, 4.69) is 15.0 Å². The van der Waals surface area contributed by atoms with E-state index in [-0.39, 0.29) is 17.9 Å². The van der Waals surface area contributed by atoms with E-state index in [0.717, 1.165) is 41.0 Å². The highest BCUT2D eigenvalue weighted by Gasteiger charge is 2.38. The van der Waals surface area contributed by atoms with Gasteiger partial charge in [0.25, 0.3) is 0 Å². The number of thiazole rings is 1. The van der Waals surface area contributed by atoms with Crippen molar-refractivity contribution in [2.24, 2.45) is 0 Å². The molecule has 0 saturated carbocycles. The number of benzene rings is 2. The van der Waals surface area contributed by atoms with Gasteiger partial charge in [0.1, 0.15) is 12.1 Å². The lowest BCUT2D eigenvalue weighted by Gasteiger charge is -2.30. The highest BCUT2D eigenvalue weighted by Crippen LogP contribution is 2.28. The highest BCUT2D eigenvalue weighted by molar-refractivity contribution is 7.82. The average molecular weight is 552 g/mol. The summed E-state index contributed by atoms with van der Waals surface area (Å²) in [5, 5.41) is 3.75. The van der Waals surface area contributed by atoms with Gasteiger partial charge in [0.2, 0.25) is 11.8 Å². The van der Waals surface area contributed by atoms with Gasteiger partial charge in [-0.05, 0) is 43.2 Å². The maximum Gasteiger partial charge on any atom is 0.243 e. The first-order valence-electron chi connectivity index (χ1n) is 13.0. The summed E-state index contributed by atoms with van der Waals surface area (Å²) in [5.74, 6) is -0.00513. The number of aryl methyl sites for hydroxylation is 1. The number of nitrogens with two attached hydrogens (primary N) is 1. The monoisotopic (exact) mass is 551 g/mol. The van der Waals surface area contributed by atoms with Crippen molar-refractivity contribution in [3.05, 3.63) is 82.4 Å². The highest BCUT2D eigenvalue weighted by atomic mass is 32.2. The summed E-state index contributed by atoms with van der Waals surface area (Å²) >= 11 is 1.48. The number of hydrogen-bond donors (Lipinski definition) is 3. The van der Waals surface area contributed by atoms with Crippen molar-refractivity contribution in [1.82, 2.24) is 19.9 Å². The predicted molar refractivity (Wildman–Crippen MR) is 151 cm³/mol. The van der Waals surface area contributed by atoms with Gasteiger partial charge in [-0.25, -0.2) is 13.9 Å². The SMILES string of the molecule is Nc1nc2c(s1)CC(NC(=O)[C@@H]1CCCN1C(=O)[C@@H](Cc1ccccc1)NS(=O)Cc1ccccc1)CC2. The van der Waals surface area contributed by atoms with Crippen LogP contribution in [-0.4, -0.2) is 50.6 Å². The summed E-state index contributed by atoms with van der Waals surface area (Å²) in [7, 11) is -1.46. The summed E-state index contributed by atoms with van der Waals surface area (Å²) in [6.45, 7) is 0.509. The molecule has 4 N–H and O–H groups in total. The topological polar surface area (TPSA) is 117 Å². The Balaban J connectivity index is 1.27. The van der Waals surface area contributed by atoms with E-state index in [9.17, 15) is 13.8 Å². The molecule has 0 spiro atoms. The second kappa shape index (κ2) is 12.2. The van der Waals surface area contributed by atoms with Gasteiger partial charge in [0.05, 0.1) is 22.4 Å². The first-order chi connectivity index (χ1) is 18.5. The van der Waals surface area contributed by atoms with Crippen LogP contribution in [0.4, 0.5) is 5.13 Å². The van der Waals surface area contributed by atoms with Crippen LogP contribution in [0.3, 0.4) is 0 Å². The minimum Gasteiger partial charge on any atom is -0.375 e. The second-order valence-corrected chi connectivity index (χ2v) is 12.2. The number of nitrogens with zero attached hydrogens (tertiary/aromatic N) is 2. The maximum atomic E-state index is 13.8. The van der Waals surface area contributed by atoms with Crippen LogP contribution in [-0.2, 0) is 45.6 Å². The fourth-order valence-electron chi connectivity index (χ4n) is 5.27. The minimum absolute atomic E-state index is 0.00372. The molecule has 3 aromatic rings. The molecule has 4 atom stereocenters. The second-order valence-electron chi connectivity index (χ2n) is 9.90. The molecule has 1 aliphatic heterocycles. The molecule has 10 heteroatoms. The molecule has 0 bridgehead atoms. The van der Waals surface area contributed by atoms with E-state index in [0.29, 0.717) is 36.7 Å². The molecule has 2 aromatic carbocycles. The Hall–Kier alpha value is -3.08. The Morgan fingerprint density at radius 3 is 2.53 bits per heavy atom. The fourth-order valence-corrected chi connectivity index (χ4v) is 7.31. The van der Waals surface area contributed by atoms with E-state index in [1.807, 2.05) is 60.7 Å². The van der Waals surface area contributed by atoms with Crippen LogP contribution in [0, 0.1) is 0 Å². The summed E-state index contributed by atoms with van der Waals surface area (Å²) in [6, 6.07) is 18.0. The molecule has 1 saturated heterocycles. The van der Waals surface area contributed by atoms with Gasteiger partial charge in [0, 0.05) is 23.9 Å². The van der Waals surface area contributed by atoms with Gasteiger partial charge in [-0.3, -0.25) is 9.59 Å². The molecule has 1 fully saturated rings. The Morgan fingerprint density at radius 2 is 1.79 bits per heavy atom. The van der Waals surface area contributed by atoms with E-state index in [1.54, 1.807) is 4.90 Å². The molecule has 38 heavy (non-hydrogen) atoms. The van der Waals surface area contributed by atoms with E-state index in [1.165, 1.54) is 11.3 Å². The number of likely N-dealkylation sites (tertiary alicyclic amines) is 1. The lowest BCUT2D eigenvalue weighted by atomic mass is 9.97. The predicted octanol–water partition coefficient (Wildman–Crippen LogP) is 2.75. The number of carbonyl (C=O) groups excluding carboxylic acids is 2. The van der Waals surface area contributed by atoms with Gasteiger partial charge >= 0.3 is 0 Å². The number of hydrogen-bond acceptors (Lipinski definition) is 6. The molecule has 8 nitrogen and oxygen atoms in total. The zero-order chi connectivity index (χ0) is 26.5. The van der Waals surface area contributed by atoms with Gasteiger partial charge in [-0.15, -0.1) is 11.3 Å². The molecule has 2 aliphatic rings. The molecular weight excluding hydrogens is 518 g/mol. The third-order valence-corrected chi connectivity index (χ3v) is 9.23. The molecule has 2 unspecified atom stereocenters. The Kier molecular flexibility index (Phi) is 8.51. The van der Waals surface area contributed by atoms with Gasteiger partial charge in [-0.1, -0.05) is 60.7 Å². The van der Waals surface area contributed by atoms with Crippen molar-refractivity contribution in [3.8, 4) is 0 Å². The molecule has 5 rings (SSSR count). The first-order valence-corrected chi connectivity index (χ1v) is 15.2.